The highest BCUT2D eigenvalue weighted by molar-refractivity contribution is 6.30. The highest BCUT2D eigenvalue weighted by Gasteiger charge is 2.43. The first-order valence-electron chi connectivity index (χ1n) is 12.2. The fourth-order valence-electron chi connectivity index (χ4n) is 6.12. The zero-order chi connectivity index (χ0) is 23.2. The van der Waals surface area contributed by atoms with E-state index in [0.29, 0.717) is 28.8 Å². The molecule has 0 amide bonds. The van der Waals surface area contributed by atoms with Gasteiger partial charge in [0.15, 0.2) is 0 Å². The number of anilines is 2. The van der Waals surface area contributed by atoms with Crippen molar-refractivity contribution in [3.63, 3.8) is 0 Å². The van der Waals surface area contributed by atoms with Gasteiger partial charge in [-0.2, -0.15) is 15.2 Å². The molecule has 2 bridgehead atoms. The van der Waals surface area contributed by atoms with Crippen molar-refractivity contribution in [3.8, 4) is 0 Å². The molecule has 4 atom stereocenters. The Hall–Kier alpha value is -2.74. The van der Waals surface area contributed by atoms with E-state index in [-0.39, 0.29) is 11.7 Å². The first-order valence-corrected chi connectivity index (χ1v) is 12.6. The minimum Gasteiger partial charge on any atom is -0.369 e. The Morgan fingerprint density at radius 3 is 2.65 bits per heavy atom. The molecule has 3 aliphatic rings. The second-order valence-corrected chi connectivity index (χ2v) is 10.4. The molecule has 2 fully saturated rings. The summed E-state index contributed by atoms with van der Waals surface area (Å²) in [6, 6.07) is 7.27. The van der Waals surface area contributed by atoms with E-state index in [2.05, 4.69) is 26.5 Å². The number of rotatable bonds is 4. The number of nitrogens with one attached hydrogen (secondary N) is 1. The van der Waals surface area contributed by atoms with Crippen molar-refractivity contribution in [1.82, 2.24) is 25.0 Å². The number of benzene rings is 1. The van der Waals surface area contributed by atoms with Crippen LogP contribution >= 0.6 is 11.6 Å². The summed E-state index contributed by atoms with van der Waals surface area (Å²) < 4.78 is 16.1. The van der Waals surface area contributed by atoms with E-state index in [0.717, 1.165) is 61.7 Å². The molecule has 1 N–H and O–H groups in total. The standard InChI is InChI=1S/C25H29ClFN7/c1-15-8-21(12-28-31-15)33-13-16-5-6-17(14-33)23(16)29-25-30-24-22(4-2-3-7-34(24)32-25)18-9-19(26)11-20(27)10-18/h8-12,16-17,22-23H,2-7,13-14H2,1H3,(H,29,32)/t16-,17+,22-,23-/m1/s1. The molecule has 6 rings (SSSR count). The van der Waals surface area contributed by atoms with Gasteiger partial charge in [0.05, 0.1) is 17.6 Å². The Labute approximate surface area is 203 Å². The van der Waals surface area contributed by atoms with Crippen LogP contribution in [-0.2, 0) is 6.54 Å². The topological polar surface area (TPSA) is 71.8 Å². The first-order chi connectivity index (χ1) is 16.5. The van der Waals surface area contributed by atoms with E-state index in [4.69, 9.17) is 21.7 Å². The van der Waals surface area contributed by atoms with E-state index >= 15 is 0 Å². The van der Waals surface area contributed by atoms with Gasteiger partial charge in [0.25, 0.3) is 0 Å². The van der Waals surface area contributed by atoms with Crippen LogP contribution in [0.3, 0.4) is 0 Å². The zero-order valence-corrected chi connectivity index (χ0v) is 20.0. The Bertz CT molecular complexity index is 1160. The van der Waals surface area contributed by atoms with Crippen molar-refractivity contribution < 1.29 is 4.39 Å². The lowest BCUT2D eigenvalue weighted by Crippen LogP contribution is -2.48. The van der Waals surface area contributed by atoms with E-state index in [9.17, 15) is 4.39 Å². The van der Waals surface area contributed by atoms with Crippen LogP contribution in [0.5, 0.6) is 0 Å². The monoisotopic (exact) mass is 481 g/mol. The number of piperidine rings is 1. The van der Waals surface area contributed by atoms with Crippen LogP contribution in [0, 0.1) is 24.6 Å². The van der Waals surface area contributed by atoms with Gasteiger partial charge in [-0.25, -0.2) is 9.07 Å². The maximum absolute atomic E-state index is 14.1. The van der Waals surface area contributed by atoms with Crippen LogP contribution in [0.2, 0.25) is 5.02 Å². The largest absolute Gasteiger partial charge is 0.369 e. The van der Waals surface area contributed by atoms with Crippen molar-refractivity contribution >= 4 is 23.2 Å². The lowest BCUT2D eigenvalue weighted by atomic mass is 9.92. The van der Waals surface area contributed by atoms with Crippen LogP contribution in [0.4, 0.5) is 16.0 Å². The smallest absolute Gasteiger partial charge is 0.242 e. The number of hydrogen-bond acceptors (Lipinski definition) is 6. The van der Waals surface area contributed by atoms with Crippen molar-refractivity contribution in [3.05, 3.63) is 58.4 Å². The Balaban J connectivity index is 1.22. The van der Waals surface area contributed by atoms with Crippen LogP contribution in [0.15, 0.2) is 30.5 Å². The zero-order valence-electron chi connectivity index (χ0n) is 19.3. The minimum atomic E-state index is -0.306. The summed E-state index contributed by atoms with van der Waals surface area (Å²) in [5.74, 6) is 2.37. The number of aromatic nitrogens is 5. The molecule has 1 saturated heterocycles. The van der Waals surface area contributed by atoms with E-state index in [1.165, 1.54) is 18.9 Å². The van der Waals surface area contributed by atoms with Crippen LogP contribution < -0.4 is 10.2 Å². The van der Waals surface area contributed by atoms with Crippen LogP contribution in [-0.4, -0.2) is 44.1 Å². The third-order valence-corrected chi connectivity index (χ3v) is 7.89. The summed E-state index contributed by atoms with van der Waals surface area (Å²) in [6.45, 7) is 4.82. The number of aryl methyl sites for hydroxylation is 2. The predicted molar refractivity (Wildman–Crippen MR) is 130 cm³/mol. The maximum Gasteiger partial charge on any atom is 0.242 e. The maximum atomic E-state index is 14.1. The van der Waals surface area contributed by atoms with Gasteiger partial charge in [-0.3, -0.25) is 0 Å². The summed E-state index contributed by atoms with van der Waals surface area (Å²) in [6.07, 6.45) is 7.29. The van der Waals surface area contributed by atoms with Gasteiger partial charge in [-0.1, -0.05) is 18.0 Å². The molecule has 3 aromatic rings. The average Bonchev–Trinajstić information content (AvgIpc) is 3.20. The fraction of sp³-hybridized carbons (Fsp3) is 0.520. The third kappa shape index (κ3) is 4.13. The normalized spacial score (nSPS) is 26.3. The van der Waals surface area contributed by atoms with E-state index < -0.39 is 0 Å². The number of hydrogen-bond donors (Lipinski definition) is 1. The summed E-state index contributed by atoms with van der Waals surface area (Å²) in [5, 5.41) is 17.2. The molecule has 4 heterocycles. The molecule has 1 aliphatic carbocycles. The van der Waals surface area contributed by atoms with Gasteiger partial charge in [0, 0.05) is 36.6 Å². The van der Waals surface area contributed by atoms with Crippen molar-refractivity contribution in [1.29, 1.82) is 0 Å². The molecule has 34 heavy (non-hydrogen) atoms. The number of nitrogens with zero attached hydrogens (tertiary/aromatic N) is 6. The summed E-state index contributed by atoms with van der Waals surface area (Å²) in [5.41, 5.74) is 2.98. The molecule has 0 radical (unpaired) electrons. The van der Waals surface area contributed by atoms with Gasteiger partial charge in [0.2, 0.25) is 5.95 Å². The highest BCUT2D eigenvalue weighted by Crippen LogP contribution is 2.40. The summed E-state index contributed by atoms with van der Waals surface area (Å²) >= 11 is 6.17. The van der Waals surface area contributed by atoms with Gasteiger partial charge in [-0.05, 0) is 74.3 Å². The van der Waals surface area contributed by atoms with E-state index in [1.54, 1.807) is 6.07 Å². The summed E-state index contributed by atoms with van der Waals surface area (Å²) in [4.78, 5) is 7.40. The van der Waals surface area contributed by atoms with Crippen molar-refractivity contribution in [2.24, 2.45) is 11.8 Å². The average molecular weight is 482 g/mol. The van der Waals surface area contributed by atoms with Gasteiger partial charge in [-0.15, -0.1) is 5.10 Å². The lowest BCUT2D eigenvalue weighted by Gasteiger charge is -2.39. The Morgan fingerprint density at radius 2 is 1.88 bits per heavy atom. The molecule has 9 heteroatoms. The Kier molecular flexibility index (Phi) is 5.63. The molecule has 1 aromatic carbocycles. The second kappa shape index (κ2) is 8.80. The molecular weight excluding hydrogens is 453 g/mol. The number of fused-ring (bicyclic) bond motifs is 3. The molecule has 178 valence electrons. The molecule has 2 aromatic heterocycles. The lowest BCUT2D eigenvalue weighted by molar-refractivity contribution is 0.376. The molecular formula is C25H29ClFN7. The van der Waals surface area contributed by atoms with Crippen LogP contribution in [0.25, 0.3) is 0 Å². The minimum absolute atomic E-state index is 0.000232. The molecule has 1 saturated carbocycles. The van der Waals surface area contributed by atoms with Gasteiger partial charge >= 0.3 is 0 Å². The summed E-state index contributed by atoms with van der Waals surface area (Å²) in [7, 11) is 0. The first kappa shape index (κ1) is 21.8. The molecule has 2 aliphatic heterocycles. The third-order valence-electron chi connectivity index (χ3n) is 7.67. The fourth-order valence-corrected chi connectivity index (χ4v) is 6.35. The predicted octanol–water partition coefficient (Wildman–Crippen LogP) is 4.81. The van der Waals surface area contributed by atoms with Gasteiger partial charge < -0.3 is 10.2 Å². The van der Waals surface area contributed by atoms with Crippen molar-refractivity contribution in [2.75, 3.05) is 23.3 Å². The Morgan fingerprint density at radius 1 is 1.06 bits per heavy atom. The molecule has 0 unspecified atom stereocenters. The molecule has 7 nitrogen and oxygen atoms in total. The van der Waals surface area contributed by atoms with Crippen LogP contribution in [0.1, 0.15) is 55.1 Å². The number of halogens is 2. The SMILES string of the molecule is Cc1cc(N2C[C@H]3CC[C@@H](C2)[C@@H]3Nc2nc3n(n2)CCCC[C@@H]3c2cc(F)cc(Cl)c2)cnn1. The second-order valence-electron chi connectivity index (χ2n) is 10.00. The van der Waals surface area contributed by atoms with Gasteiger partial charge in [0.1, 0.15) is 11.6 Å². The molecule has 0 spiro atoms. The van der Waals surface area contributed by atoms with E-state index in [1.807, 2.05) is 23.9 Å². The van der Waals surface area contributed by atoms with Crippen molar-refractivity contribution in [2.45, 2.75) is 57.5 Å². The quantitative estimate of drug-likeness (QED) is 0.576. The highest BCUT2D eigenvalue weighted by atomic mass is 35.5.